The zero-order valence-corrected chi connectivity index (χ0v) is 14.9. The van der Waals surface area contributed by atoms with Gasteiger partial charge in [0, 0.05) is 53.9 Å². The quantitative estimate of drug-likeness (QED) is 0.546. The predicted molar refractivity (Wildman–Crippen MR) is 92.5 cm³/mol. The number of hydrogen-bond acceptors (Lipinski definition) is 3. The lowest BCUT2D eigenvalue weighted by Crippen LogP contribution is -2.47. The van der Waals surface area contributed by atoms with Crippen LogP contribution in [0.3, 0.4) is 0 Å². The third-order valence-electron chi connectivity index (χ3n) is 5.29. The maximum atomic E-state index is 11.5. The number of aliphatic imine (C=N–C) groups is 1. The zero-order valence-electron chi connectivity index (χ0n) is 14.9. The number of amides is 1. The second kappa shape index (κ2) is 8.52. The van der Waals surface area contributed by atoms with Crippen LogP contribution in [0.25, 0.3) is 0 Å². The van der Waals surface area contributed by atoms with Gasteiger partial charge in [0.2, 0.25) is 5.91 Å². The molecule has 0 radical (unpaired) electrons. The summed E-state index contributed by atoms with van der Waals surface area (Å²) in [5.74, 6) is 1.66. The fourth-order valence-electron chi connectivity index (χ4n) is 3.32. The van der Waals surface area contributed by atoms with Crippen molar-refractivity contribution in [1.29, 1.82) is 0 Å². The zero-order chi connectivity index (χ0) is 16.7. The average Bonchev–Trinajstić information content (AvgIpc) is 3.35. The van der Waals surface area contributed by atoms with Gasteiger partial charge in [-0.15, -0.1) is 0 Å². The summed E-state index contributed by atoms with van der Waals surface area (Å²) in [7, 11) is 5.33. The number of nitrogens with one attached hydrogen (secondary N) is 2. The van der Waals surface area contributed by atoms with Crippen LogP contribution in [0.15, 0.2) is 4.99 Å². The van der Waals surface area contributed by atoms with Crippen LogP contribution in [0.5, 0.6) is 0 Å². The van der Waals surface area contributed by atoms with Crippen molar-refractivity contribution >= 4 is 11.9 Å². The molecule has 0 atom stereocenters. The number of ether oxygens (including phenoxy) is 1. The van der Waals surface area contributed by atoms with E-state index in [1.165, 1.54) is 12.8 Å². The molecule has 1 saturated carbocycles. The summed E-state index contributed by atoms with van der Waals surface area (Å²) in [5.41, 5.74) is 0.420. The second-order valence-electron chi connectivity index (χ2n) is 6.95. The number of guanidine groups is 1. The van der Waals surface area contributed by atoms with Crippen LogP contribution < -0.4 is 10.6 Å². The molecule has 2 fully saturated rings. The number of methoxy groups -OCH3 is 1. The first kappa shape index (κ1) is 18.0. The van der Waals surface area contributed by atoms with Crippen molar-refractivity contribution in [3.8, 4) is 0 Å². The molecule has 6 heteroatoms. The van der Waals surface area contributed by atoms with E-state index in [0.29, 0.717) is 17.8 Å². The highest BCUT2D eigenvalue weighted by Gasteiger charge is 2.42. The number of carbonyl (C=O) groups is 1. The van der Waals surface area contributed by atoms with Crippen LogP contribution in [-0.4, -0.2) is 64.2 Å². The van der Waals surface area contributed by atoms with E-state index in [-0.39, 0.29) is 5.91 Å². The summed E-state index contributed by atoms with van der Waals surface area (Å²) in [6, 6.07) is 0. The van der Waals surface area contributed by atoms with E-state index in [9.17, 15) is 4.79 Å². The highest BCUT2D eigenvalue weighted by molar-refractivity contribution is 5.80. The van der Waals surface area contributed by atoms with Gasteiger partial charge in [0.1, 0.15) is 0 Å². The average molecular weight is 324 g/mol. The molecule has 2 aliphatic rings. The number of piperidine rings is 1. The van der Waals surface area contributed by atoms with Crippen molar-refractivity contribution in [2.45, 2.75) is 38.5 Å². The van der Waals surface area contributed by atoms with Crippen LogP contribution in [0.1, 0.15) is 38.5 Å². The molecule has 132 valence electrons. The van der Waals surface area contributed by atoms with Crippen molar-refractivity contribution in [3.05, 3.63) is 0 Å². The van der Waals surface area contributed by atoms with E-state index in [1.54, 1.807) is 14.2 Å². The van der Waals surface area contributed by atoms with Gasteiger partial charge in [-0.1, -0.05) is 0 Å². The molecule has 1 amide bonds. The second-order valence-corrected chi connectivity index (χ2v) is 6.95. The number of nitrogens with zero attached hydrogens (tertiary/aromatic N) is 2. The minimum Gasteiger partial charge on any atom is -0.385 e. The molecule has 1 aliphatic carbocycles. The first-order chi connectivity index (χ1) is 11.1. The molecule has 0 spiro atoms. The summed E-state index contributed by atoms with van der Waals surface area (Å²) in [4.78, 5) is 18.3. The first-order valence-electron chi connectivity index (χ1n) is 8.77. The summed E-state index contributed by atoms with van der Waals surface area (Å²) < 4.78 is 5.22. The van der Waals surface area contributed by atoms with E-state index in [1.807, 2.05) is 7.05 Å². The van der Waals surface area contributed by atoms with Crippen molar-refractivity contribution < 1.29 is 9.53 Å². The lowest BCUT2D eigenvalue weighted by Gasteiger charge is -2.34. The smallest absolute Gasteiger partial charge is 0.220 e. The molecule has 0 aromatic rings. The number of likely N-dealkylation sites (tertiary alicyclic amines) is 1. The van der Waals surface area contributed by atoms with Gasteiger partial charge in [0.25, 0.3) is 0 Å². The van der Waals surface area contributed by atoms with Crippen LogP contribution in [0.4, 0.5) is 0 Å². The van der Waals surface area contributed by atoms with Crippen LogP contribution in [0, 0.1) is 11.3 Å². The van der Waals surface area contributed by atoms with Crippen LogP contribution >= 0.6 is 0 Å². The van der Waals surface area contributed by atoms with Crippen molar-refractivity contribution in [1.82, 2.24) is 15.5 Å². The molecule has 0 unspecified atom stereocenters. The summed E-state index contributed by atoms with van der Waals surface area (Å²) in [6.45, 7) is 3.78. The van der Waals surface area contributed by atoms with E-state index in [4.69, 9.17) is 4.74 Å². The molecule has 6 nitrogen and oxygen atoms in total. The molecule has 1 saturated heterocycles. The Bertz CT molecular complexity index is 413. The maximum absolute atomic E-state index is 11.5. The monoisotopic (exact) mass is 324 g/mol. The van der Waals surface area contributed by atoms with Gasteiger partial charge < -0.3 is 20.3 Å². The Balaban J connectivity index is 1.74. The van der Waals surface area contributed by atoms with Gasteiger partial charge in [-0.2, -0.15) is 0 Å². The Hall–Kier alpha value is -1.30. The standard InChI is InChI=1S/C17H32N4O2/c1-18-15(22)12-14-4-9-21(10-5-14)16(19-2)20-13-17(6-7-17)8-11-23-3/h14H,4-13H2,1-3H3,(H,18,22)(H,19,20). The molecule has 0 aromatic carbocycles. The largest absolute Gasteiger partial charge is 0.385 e. The number of hydrogen-bond donors (Lipinski definition) is 2. The Morgan fingerprint density at radius 2 is 2.04 bits per heavy atom. The van der Waals surface area contributed by atoms with Gasteiger partial charge in [0.15, 0.2) is 5.96 Å². The molecule has 0 aromatic heterocycles. The Kier molecular flexibility index (Phi) is 6.69. The summed E-state index contributed by atoms with van der Waals surface area (Å²) in [6.07, 6.45) is 6.47. The molecule has 1 aliphatic heterocycles. The topological polar surface area (TPSA) is 66.0 Å². The van der Waals surface area contributed by atoms with Gasteiger partial charge in [-0.3, -0.25) is 9.79 Å². The number of rotatable bonds is 7. The molecular formula is C17H32N4O2. The fraction of sp³-hybridized carbons (Fsp3) is 0.882. The molecule has 0 bridgehead atoms. The van der Waals surface area contributed by atoms with Gasteiger partial charge in [-0.25, -0.2) is 0 Å². The molecule has 2 N–H and O–H groups in total. The van der Waals surface area contributed by atoms with Crippen LogP contribution in [0.2, 0.25) is 0 Å². The number of carbonyl (C=O) groups excluding carboxylic acids is 1. The third-order valence-corrected chi connectivity index (χ3v) is 5.29. The lowest BCUT2D eigenvalue weighted by molar-refractivity contribution is -0.121. The van der Waals surface area contributed by atoms with Gasteiger partial charge in [0.05, 0.1) is 0 Å². The van der Waals surface area contributed by atoms with Crippen molar-refractivity contribution in [2.75, 3.05) is 47.4 Å². The predicted octanol–water partition coefficient (Wildman–Crippen LogP) is 1.23. The van der Waals surface area contributed by atoms with E-state index in [2.05, 4.69) is 20.5 Å². The minimum absolute atomic E-state index is 0.153. The summed E-state index contributed by atoms with van der Waals surface area (Å²) in [5, 5.41) is 6.28. The van der Waals surface area contributed by atoms with E-state index < -0.39 is 0 Å². The highest BCUT2D eigenvalue weighted by atomic mass is 16.5. The van der Waals surface area contributed by atoms with Gasteiger partial charge >= 0.3 is 0 Å². The molecule has 23 heavy (non-hydrogen) atoms. The van der Waals surface area contributed by atoms with Crippen molar-refractivity contribution in [3.63, 3.8) is 0 Å². The highest BCUT2D eigenvalue weighted by Crippen LogP contribution is 2.48. The SMILES string of the molecule is CN=C(NCC1(CCOC)CC1)N1CCC(CC(=O)NC)CC1. The molecule has 1 heterocycles. The summed E-state index contributed by atoms with van der Waals surface area (Å²) >= 11 is 0. The first-order valence-corrected chi connectivity index (χ1v) is 8.77. The fourth-order valence-corrected chi connectivity index (χ4v) is 3.32. The van der Waals surface area contributed by atoms with E-state index >= 15 is 0 Å². The Morgan fingerprint density at radius 3 is 2.57 bits per heavy atom. The van der Waals surface area contributed by atoms with Crippen molar-refractivity contribution in [2.24, 2.45) is 16.3 Å². The Morgan fingerprint density at radius 1 is 1.35 bits per heavy atom. The molecule has 2 rings (SSSR count). The van der Waals surface area contributed by atoms with Crippen LogP contribution in [-0.2, 0) is 9.53 Å². The third kappa shape index (κ3) is 5.37. The Labute approximate surface area is 140 Å². The molecular weight excluding hydrogens is 292 g/mol. The normalized spacial score (nSPS) is 21.2. The van der Waals surface area contributed by atoms with Gasteiger partial charge in [-0.05, 0) is 43.4 Å². The lowest BCUT2D eigenvalue weighted by atomic mass is 9.93. The van der Waals surface area contributed by atoms with E-state index in [0.717, 1.165) is 51.5 Å². The minimum atomic E-state index is 0.153. The maximum Gasteiger partial charge on any atom is 0.220 e.